The van der Waals surface area contributed by atoms with Gasteiger partial charge in [0.25, 0.3) is 5.91 Å². The zero-order valence-corrected chi connectivity index (χ0v) is 17.4. The molecular formula is C24H22F3N5O2. The second-order valence-electron chi connectivity index (χ2n) is 7.49. The number of aliphatic hydroxyl groups is 1. The molecule has 7 nitrogen and oxygen atoms in total. The number of hydrogen-bond acceptors (Lipinski definition) is 5. The number of carbonyl (C=O) groups excluding carboxylic acids is 1. The predicted octanol–water partition coefficient (Wildman–Crippen LogP) is 3.54. The van der Waals surface area contributed by atoms with Gasteiger partial charge in [-0.25, -0.2) is 17.7 Å². The van der Waals surface area contributed by atoms with Gasteiger partial charge in [-0.05, 0) is 54.7 Å². The molecule has 0 aliphatic rings. The van der Waals surface area contributed by atoms with Gasteiger partial charge in [0.2, 0.25) is 5.95 Å². The lowest BCUT2D eigenvalue weighted by atomic mass is 9.91. The van der Waals surface area contributed by atoms with Crippen LogP contribution in [-0.4, -0.2) is 38.3 Å². The molecule has 176 valence electrons. The van der Waals surface area contributed by atoms with E-state index in [1.165, 1.54) is 22.8 Å². The Balaban J connectivity index is 1.70. The van der Waals surface area contributed by atoms with Crippen molar-refractivity contribution in [2.24, 2.45) is 0 Å². The van der Waals surface area contributed by atoms with Crippen LogP contribution < -0.4 is 11.1 Å². The molecular weight excluding hydrogens is 447 g/mol. The summed E-state index contributed by atoms with van der Waals surface area (Å²) in [7, 11) is 0. The first kappa shape index (κ1) is 16.7. The average Bonchev–Trinajstić information content (AvgIpc) is 3.24. The van der Waals surface area contributed by atoms with Gasteiger partial charge in [0.05, 0.1) is 12.1 Å². The largest absolute Gasteiger partial charge is 0.382 e. The number of hydrogen-bond donors (Lipinski definition) is 3. The van der Waals surface area contributed by atoms with Gasteiger partial charge in [0.1, 0.15) is 23.4 Å². The molecule has 4 aromatic rings. The van der Waals surface area contributed by atoms with Gasteiger partial charge < -0.3 is 16.2 Å². The minimum Gasteiger partial charge on any atom is -0.382 e. The summed E-state index contributed by atoms with van der Waals surface area (Å²) in [4.78, 5) is 17.1. The minimum absolute atomic E-state index is 0.0473. The highest BCUT2D eigenvalue weighted by Gasteiger charge is 2.34. The number of nitrogen functional groups attached to an aromatic ring is 1. The Morgan fingerprint density at radius 2 is 2.03 bits per heavy atom. The Bertz CT molecular complexity index is 1580. The Morgan fingerprint density at radius 3 is 2.74 bits per heavy atom. The standard InChI is InChI=1S/C24H22F3N5O2/c1-13-3-8-17(14-9-10-32-19(11-14)30-23(28)31-32)21(27)20(13)22(33)29-12-18(26)24(2,34)15-4-6-16(25)7-5-15/h3-11,18,34H,12H2,1-2H3,(H2,28,31)(H,29,33)/i1D3,2D3. The van der Waals surface area contributed by atoms with Crippen molar-refractivity contribution in [3.63, 3.8) is 0 Å². The van der Waals surface area contributed by atoms with Crippen LogP contribution in [0.15, 0.2) is 54.7 Å². The second kappa shape index (κ2) is 8.79. The molecule has 10 heteroatoms. The molecule has 2 heterocycles. The van der Waals surface area contributed by atoms with Crippen molar-refractivity contribution in [3.05, 3.63) is 83.1 Å². The molecule has 2 atom stereocenters. The average molecular weight is 476 g/mol. The number of pyridine rings is 1. The van der Waals surface area contributed by atoms with Gasteiger partial charge in [-0.1, -0.05) is 24.3 Å². The summed E-state index contributed by atoms with van der Waals surface area (Å²) in [5.41, 5.74) is 0.531. The van der Waals surface area contributed by atoms with E-state index in [2.05, 4.69) is 10.1 Å². The summed E-state index contributed by atoms with van der Waals surface area (Å²) < 4.78 is 92.1. The molecule has 1 amide bonds. The van der Waals surface area contributed by atoms with Crippen LogP contribution in [-0.2, 0) is 5.60 Å². The topological polar surface area (TPSA) is 106 Å². The first-order chi connectivity index (χ1) is 18.5. The van der Waals surface area contributed by atoms with E-state index in [9.17, 15) is 14.3 Å². The van der Waals surface area contributed by atoms with Crippen molar-refractivity contribution >= 4 is 17.5 Å². The molecule has 4 rings (SSSR count). The van der Waals surface area contributed by atoms with Crippen LogP contribution in [0.4, 0.5) is 19.1 Å². The van der Waals surface area contributed by atoms with Crippen LogP contribution in [0.3, 0.4) is 0 Å². The first-order valence-corrected chi connectivity index (χ1v) is 9.90. The number of nitrogens with two attached hydrogens (primary N) is 1. The van der Waals surface area contributed by atoms with Crippen molar-refractivity contribution in [1.29, 1.82) is 0 Å². The summed E-state index contributed by atoms with van der Waals surface area (Å²) in [6, 6.07) is 8.41. The number of amides is 1. The molecule has 2 aromatic carbocycles. The van der Waals surface area contributed by atoms with Gasteiger partial charge in [-0.3, -0.25) is 4.79 Å². The van der Waals surface area contributed by atoms with Gasteiger partial charge in [0.15, 0.2) is 5.65 Å². The van der Waals surface area contributed by atoms with Gasteiger partial charge in [-0.15, -0.1) is 5.10 Å². The molecule has 0 bridgehead atoms. The number of benzene rings is 2. The number of aromatic nitrogens is 3. The molecule has 2 aromatic heterocycles. The number of anilines is 1. The summed E-state index contributed by atoms with van der Waals surface area (Å²) in [6.45, 7) is -7.48. The number of fused-ring (bicyclic) bond motifs is 1. The lowest BCUT2D eigenvalue weighted by Crippen LogP contribution is -2.42. The third-order valence-corrected chi connectivity index (χ3v) is 5.21. The lowest BCUT2D eigenvalue weighted by Gasteiger charge is -2.28. The first-order valence-electron chi connectivity index (χ1n) is 12.9. The van der Waals surface area contributed by atoms with Crippen LogP contribution in [0.25, 0.3) is 16.8 Å². The van der Waals surface area contributed by atoms with E-state index in [1.807, 2.05) is 5.32 Å². The highest BCUT2D eigenvalue weighted by molar-refractivity contribution is 5.97. The molecule has 0 saturated heterocycles. The summed E-state index contributed by atoms with van der Waals surface area (Å²) in [5.74, 6) is -3.43. The van der Waals surface area contributed by atoms with Gasteiger partial charge in [0, 0.05) is 20.0 Å². The van der Waals surface area contributed by atoms with Crippen LogP contribution in [0, 0.1) is 18.5 Å². The molecule has 0 aliphatic heterocycles. The Kier molecular flexibility index (Phi) is 4.30. The zero-order valence-electron chi connectivity index (χ0n) is 23.4. The smallest absolute Gasteiger partial charge is 0.254 e. The van der Waals surface area contributed by atoms with Crippen LogP contribution >= 0.6 is 0 Å². The number of carbonyl (C=O) groups is 1. The Hall–Kier alpha value is -3.92. The highest BCUT2D eigenvalue weighted by Crippen LogP contribution is 2.29. The summed E-state index contributed by atoms with van der Waals surface area (Å²) in [6.07, 6.45) is -1.28. The van der Waals surface area contributed by atoms with Crippen molar-refractivity contribution in [1.82, 2.24) is 19.9 Å². The van der Waals surface area contributed by atoms with Gasteiger partial charge >= 0.3 is 0 Å². The third kappa shape index (κ3) is 4.32. The Morgan fingerprint density at radius 1 is 1.26 bits per heavy atom. The maximum atomic E-state index is 15.8. The fourth-order valence-corrected chi connectivity index (χ4v) is 3.39. The fraction of sp³-hybridized carbons (Fsp3) is 0.208. The molecule has 4 N–H and O–H groups in total. The van der Waals surface area contributed by atoms with E-state index >= 15 is 8.78 Å². The molecule has 2 unspecified atom stereocenters. The molecule has 0 spiro atoms. The SMILES string of the molecule is [2H]C([2H])([2H])c1ccc(-c2ccn3nc(N)nc3c2)c(F)c1C(=O)NCC(F)C(O)(c1ccc(F)cc1)C([2H])([2H])[2H]. The quantitative estimate of drug-likeness (QED) is 0.396. The number of nitrogens with zero attached hydrogens (tertiary/aromatic N) is 3. The molecule has 0 radical (unpaired) electrons. The van der Waals surface area contributed by atoms with Crippen LogP contribution in [0.1, 0.15) is 36.6 Å². The molecule has 0 fully saturated rings. The molecule has 0 saturated carbocycles. The van der Waals surface area contributed by atoms with E-state index in [0.717, 1.165) is 36.4 Å². The number of nitrogens with one attached hydrogen (secondary N) is 1. The van der Waals surface area contributed by atoms with E-state index < -0.39 is 66.3 Å². The van der Waals surface area contributed by atoms with E-state index in [-0.39, 0.29) is 22.7 Å². The predicted molar refractivity (Wildman–Crippen MR) is 121 cm³/mol. The van der Waals surface area contributed by atoms with Crippen LogP contribution in [0.2, 0.25) is 0 Å². The number of rotatable bonds is 6. The van der Waals surface area contributed by atoms with Crippen LogP contribution in [0.5, 0.6) is 0 Å². The maximum absolute atomic E-state index is 15.8. The van der Waals surface area contributed by atoms with Crippen molar-refractivity contribution < 1.29 is 31.3 Å². The number of aryl methyl sites for hydroxylation is 1. The minimum atomic E-state index is -3.37. The monoisotopic (exact) mass is 475 g/mol. The highest BCUT2D eigenvalue weighted by atomic mass is 19.1. The molecule has 0 aliphatic carbocycles. The normalized spacial score (nSPS) is 17.4. The molecule has 34 heavy (non-hydrogen) atoms. The van der Waals surface area contributed by atoms with Crippen molar-refractivity contribution in [2.75, 3.05) is 12.3 Å². The Labute approximate surface area is 201 Å². The maximum Gasteiger partial charge on any atom is 0.254 e. The number of halogens is 3. The third-order valence-electron chi connectivity index (χ3n) is 5.21. The summed E-state index contributed by atoms with van der Waals surface area (Å²) >= 11 is 0. The lowest BCUT2D eigenvalue weighted by molar-refractivity contribution is -0.0229. The van der Waals surface area contributed by atoms with Crippen molar-refractivity contribution in [3.8, 4) is 11.1 Å². The number of alkyl halides is 1. The van der Waals surface area contributed by atoms with E-state index in [4.69, 9.17) is 14.0 Å². The van der Waals surface area contributed by atoms with Crippen molar-refractivity contribution in [2.45, 2.75) is 25.5 Å². The second-order valence-corrected chi connectivity index (χ2v) is 7.49. The fourth-order valence-electron chi connectivity index (χ4n) is 3.39. The zero-order chi connectivity index (χ0) is 29.6. The van der Waals surface area contributed by atoms with E-state index in [0.29, 0.717) is 0 Å². The summed E-state index contributed by atoms with van der Waals surface area (Å²) in [5, 5.41) is 16.8. The van der Waals surface area contributed by atoms with E-state index in [1.54, 1.807) is 0 Å². The van der Waals surface area contributed by atoms with Gasteiger partial charge in [-0.2, -0.15) is 4.98 Å².